The van der Waals surface area contributed by atoms with Crippen molar-refractivity contribution >= 4 is 5.78 Å². The molecule has 0 spiro atoms. The zero-order valence-electron chi connectivity index (χ0n) is 8.40. The summed E-state index contributed by atoms with van der Waals surface area (Å²) in [5.74, 6) is 0.869. The van der Waals surface area contributed by atoms with Gasteiger partial charge in [0.25, 0.3) is 0 Å². The number of carbonyl (C=O) groups is 1. The summed E-state index contributed by atoms with van der Waals surface area (Å²) >= 11 is 0. The summed E-state index contributed by atoms with van der Waals surface area (Å²) in [6.45, 7) is 1.80. The van der Waals surface area contributed by atoms with E-state index < -0.39 is 0 Å². The number of hydrogen-bond acceptors (Lipinski definition) is 3. The van der Waals surface area contributed by atoms with Crippen LogP contribution in [0.5, 0.6) is 0 Å². The van der Waals surface area contributed by atoms with Crippen LogP contribution in [0.4, 0.5) is 0 Å². The van der Waals surface area contributed by atoms with Crippen molar-refractivity contribution in [2.45, 2.75) is 13.3 Å². The van der Waals surface area contributed by atoms with E-state index in [1.165, 1.54) is 0 Å². The van der Waals surface area contributed by atoms with Gasteiger partial charge in [0.2, 0.25) is 0 Å². The first kappa shape index (κ1) is 9.58. The zero-order chi connectivity index (χ0) is 10.7. The minimum absolute atomic E-state index is 0.0234. The Morgan fingerprint density at radius 1 is 1.33 bits per heavy atom. The van der Waals surface area contributed by atoms with Gasteiger partial charge in [-0.3, -0.25) is 9.89 Å². The van der Waals surface area contributed by atoms with Gasteiger partial charge < -0.3 is 0 Å². The lowest BCUT2D eigenvalue weighted by Gasteiger charge is -1.91. The van der Waals surface area contributed by atoms with Crippen LogP contribution in [-0.4, -0.2) is 21.0 Å². The van der Waals surface area contributed by atoms with E-state index in [4.69, 9.17) is 0 Å². The van der Waals surface area contributed by atoms with Crippen LogP contribution in [0.15, 0.2) is 30.3 Å². The maximum atomic E-state index is 11.3. The van der Waals surface area contributed by atoms with Crippen molar-refractivity contribution in [1.82, 2.24) is 15.2 Å². The van der Waals surface area contributed by atoms with E-state index in [-0.39, 0.29) is 5.78 Å². The topological polar surface area (TPSA) is 58.6 Å². The van der Waals surface area contributed by atoms with Crippen molar-refractivity contribution in [1.29, 1.82) is 0 Å². The number of ketones is 1. The highest BCUT2D eigenvalue weighted by Crippen LogP contribution is 2.13. The van der Waals surface area contributed by atoms with Crippen LogP contribution in [-0.2, 0) is 0 Å². The number of nitrogens with zero attached hydrogens (tertiary/aromatic N) is 2. The van der Waals surface area contributed by atoms with E-state index in [0.717, 1.165) is 5.56 Å². The Morgan fingerprint density at radius 2 is 2.07 bits per heavy atom. The van der Waals surface area contributed by atoms with Gasteiger partial charge in [-0.05, 0) is 0 Å². The lowest BCUT2D eigenvalue weighted by atomic mass is 10.2. The molecule has 0 aliphatic heterocycles. The molecule has 0 unspecified atom stereocenters. The van der Waals surface area contributed by atoms with Crippen molar-refractivity contribution < 1.29 is 4.79 Å². The van der Waals surface area contributed by atoms with Gasteiger partial charge in [-0.1, -0.05) is 37.3 Å². The number of hydrogen-bond donors (Lipinski definition) is 1. The van der Waals surface area contributed by atoms with E-state index >= 15 is 0 Å². The molecule has 0 fully saturated rings. The van der Waals surface area contributed by atoms with Gasteiger partial charge in [-0.25, -0.2) is 4.98 Å². The molecule has 1 heterocycles. The van der Waals surface area contributed by atoms with E-state index in [1.807, 2.05) is 30.3 Å². The first-order chi connectivity index (χ1) is 7.31. The van der Waals surface area contributed by atoms with Gasteiger partial charge in [0.1, 0.15) is 0 Å². The molecule has 0 aliphatic carbocycles. The first-order valence-electron chi connectivity index (χ1n) is 4.82. The SMILES string of the molecule is CCC(=O)c1nc(-c2ccccc2)n[nH]1. The first-order valence-corrected chi connectivity index (χ1v) is 4.82. The highest BCUT2D eigenvalue weighted by atomic mass is 16.1. The van der Waals surface area contributed by atoms with Crippen LogP contribution in [0.1, 0.15) is 24.0 Å². The molecule has 0 saturated carbocycles. The van der Waals surface area contributed by atoms with Crippen molar-refractivity contribution in [3.63, 3.8) is 0 Å². The number of H-pyrrole nitrogens is 1. The van der Waals surface area contributed by atoms with E-state index in [0.29, 0.717) is 18.1 Å². The summed E-state index contributed by atoms with van der Waals surface area (Å²) in [6.07, 6.45) is 0.434. The molecule has 76 valence electrons. The zero-order valence-corrected chi connectivity index (χ0v) is 8.40. The molecule has 0 radical (unpaired) electrons. The lowest BCUT2D eigenvalue weighted by Crippen LogP contribution is -1.98. The summed E-state index contributed by atoms with van der Waals surface area (Å²) < 4.78 is 0. The van der Waals surface area contributed by atoms with Crippen LogP contribution in [0.2, 0.25) is 0 Å². The van der Waals surface area contributed by atoms with E-state index in [2.05, 4.69) is 15.2 Å². The van der Waals surface area contributed by atoms with Crippen LogP contribution >= 0.6 is 0 Å². The van der Waals surface area contributed by atoms with Gasteiger partial charge >= 0.3 is 0 Å². The number of benzene rings is 1. The minimum atomic E-state index is -0.0234. The highest BCUT2D eigenvalue weighted by Gasteiger charge is 2.10. The summed E-state index contributed by atoms with van der Waals surface area (Å²) in [5, 5.41) is 6.64. The van der Waals surface area contributed by atoms with Gasteiger partial charge in [-0.15, -0.1) is 0 Å². The molecule has 4 heteroatoms. The molecule has 1 aromatic heterocycles. The second-order valence-electron chi connectivity index (χ2n) is 3.15. The fraction of sp³-hybridized carbons (Fsp3) is 0.182. The molecule has 1 N–H and O–H groups in total. The normalized spacial score (nSPS) is 10.2. The van der Waals surface area contributed by atoms with Crippen LogP contribution < -0.4 is 0 Å². The average molecular weight is 201 g/mol. The molecule has 0 saturated heterocycles. The third kappa shape index (κ3) is 1.93. The molecular formula is C11H11N3O. The number of Topliss-reactive ketones (excluding diaryl/α,β-unsaturated/α-hetero) is 1. The van der Waals surface area contributed by atoms with Crippen LogP contribution in [0.3, 0.4) is 0 Å². The monoisotopic (exact) mass is 201 g/mol. The molecule has 15 heavy (non-hydrogen) atoms. The largest absolute Gasteiger partial charge is 0.291 e. The van der Waals surface area contributed by atoms with E-state index in [9.17, 15) is 4.79 Å². The number of carbonyl (C=O) groups excluding carboxylic acids is 1. The molecule has 2 aromatic rings. The molecule has 0 amide bonds. The number of rotatable bonds is 3. The van der Waals surface area contributed by atoms with Crippen molar-refractivity contribution in [2.75, 3.05) is 0 Å². The third-order valence-electron chi connectivity index (χ3n) is 2.10. The number of aromatic amines is 1. The Morgan fingerprint density at radius 3 is 2.73 bits per heavy atom. The molecule has 4 nitrogen and oxygen atoms in total. The molecule has 0 aliphatic rings. The number of aromatic nitrogens is 3. The molecule has 2 rings (SSSR count). The van der Waals surface area contributed by atoms with Gasteiger partial charge in [0.15, 0.2) is 17.4 Å². The van der Waals surface area contributed by atoms with Crippen molar-refractivity contribution in [3.05, 3.63) is 36.2 Å². The van der Waals surface area contributed by atoms with Gasteiger partial charge in [0.05, 0.1) is 0 Å². The molecule has 1 aromatic carbocycles. The standard InChI is InChI=1S/C11H11N3O/c1-2-9(15)11-12-10(13-14-11)8-6-4-3-5-7-8/h3-7H,2H2,1H3,(H,12,13,14). The lowest BCUT2D eigenvalue weighted by molar-refractivity contribution is 0.0978. The Kier molecular flexibility index (Phi) is 2.58. The minimum Gasteiger partial charge on any atom is -0.291 e. The maximum Gasteiger partial charge on any atom is 0.199 e. The van der Waals surface area contributed by atoms with E-state index in [1.54, 1.807) is 6.92 Å². The smallest absolute Gasteiger partial charge is 0.199 e. The van der Waals surface area contributed by atoms with Gasteiger partial charge in [-0.2, -0.15) is 5.10 Å². The van der Waals surface area contributed by atoms with Crippen molar-refractivity contribution in [3.8, 4) is 11.4 Å². The Hall–Kier alpha value is -1.97. The Labute approximate surface area is 87.4 Å². The third-order valence-corrected chi connectivity index (χ3v) is 2.10. The molecule has 0 bridgehead atoms. The Bertz CT molecular complexity index is 462. The van der Waals surface area contributed by atoms with Gasteiger partial charge in [0, 0.05) is 12.0 Å². The maximum absolute atomic E-state index is 11.3. The fourth-order valence-corrected chi connectivity index (χ4v) is 1.27. The quantitative estimate of drug-likeness (QED) is 0.773. The Balaban J connectivity index is 2.32. The fourth-order valence-electron chi connectivity index (χ4n) is 1.27. The molecular weight excluding hydrogens is 190 g/mol. The second-order valence-corrected chi connectivity index (χ2v) is 3.15. The predicted octanol–water partition coefficient (Wildman–Crippen LogP) is 2.06. The number of nitrogens with one attached hydrogen (secondary N) is 1. The summed E-state index contributed by atoms with van der Waals surface area (Å²) in [5.41, 5.74) is 0.906. The predicted molar refractivity (Wildman–Crippen MR) is 56.4 cm³/mol. The summed E-state index contributed by atoms with van der Waals surface area (Å²) in [4.78, 5) is 15.5. The highest BCUT2D eigenvalue weighted by molar-refractivity contribution is 5.92. The molecule has 0 atom stereocenters. The summed E-state index contributed by atoms with van der Waals surface area (Å²) in [7, 11) is 0. The van der Waals surface area contributed by atoms with Crippen LogP contribution in [0.25, 0.3) is 11.4 Å². The average Bonchev–Trinajstić information content (AvgIpc) is 2.78. The van der Waals surface area contributed by atoms with Crippen LogP contribution in [0, 0.1) is 0 Å². The van der Waals surface area contributed by atoms with Crippen molar-refractivity contribution in [2.24, 2.45) is 0 Å². The summed E-state index contributed by atoms with van der Waals surface area (Å²) in [6, 6.07) is 9.56. The second kappa shape index (κ2) is 4.04.